The lowest BCUT2D eigenvalue weighted by molar-refractivity contribution is -0.379. The van der Waals surface area contributed by atoms with Crippen LogP contribution >= 0.6 is 0 Å². The van der Waals surface area contributed by atoms with E-state index in [0.29, 0.717) is 12.8 Å². The molecule has 0 aromatic rings. The molecule has 3 heterocycles. The van der Waals surface area contributed by atoms with Crippen LogP contribution in [0.1, 0.15) is 226 Å². The van der Waals surface area contributed by atoms with Crippen LogP contribution in [0.5, 0.6) is 0 Å². The molecule has 3 fully saturated rings. The number of aliphatic hydroxyl groups is 11. The van der Waals surface area contributed by atoms with Crippen molar-refractivity contribution in [2.24, 2.45) is 0 Å². The highest BCUT2D eigenvalue weighted by atomic mass is 16.8. The lowest BCUT2D eigenvalue weighted by Gasteiger charge is -2.48. The zero-order valence-electron chi connectivity index (χ0n) is 51.4. The van der Waals surface area contributed by atoms with Gasteiger partial charge < -0.3 is 89.9 Å². The normalized spacial score (nSPS) is 29.5. The molecular formula is C65H117NO18. The summed E-state index contributed by atoms with van der Waals surface area (Å²) in [5, 5.41) is 120. The summed E-state index contributed by atoms with van der Waals surface area (Å²) in [5.41, 5.74) is 0. The highest BCUT2D eigenvalue weighted by Gasteiger charge is 2.53. The first kappa shape index (κ1) is 76.0. The van der Waals surface area contributed by atoms with Crippen molar-refractivity contribution < 1.29 is 89.4 Å². The van der Waals surface area contributed by atoms with Crippen molar-refractivity contribution in [3.05, 3.63) is 48.6 Å². The topological polar surface area (TPSA) is 307 Å². The molecule has 19 nitrogen and oxygen atoms in total. The lowest BCUT2D eigenvalue weighted by atomic mass is 9.96. The smallest absolute Gasteiger partial charge is 0.220 e. The number of allylic oxidation sites excluding steroid dienone is 7. The minimum absolute atomic E-state index is 0.221. The molecule has 0 radical (unpaired) electrons. The lowest BCUT2D eigenvalue weighted by Crippen LogP contribution is -2.66. The number of amides is 1. The molecular weight excluding hydrogens is 1080 g/mol. The molecule has 19 heteroatoms. The molecule has 3 aliphatic rings. The summed E-state index contributed by atoms with van der Waals surface area (Å²) in [6.07, 6.45) is 28.1. The Morgan fingerprint density at radius 1 is 0.417 bits per heavy atom. The summed E-state index contributed by atoms with van der Waals surface area (Å²) in [4.78, 5) is 13.3. The second kappa shape index (κ2) is 47.7. The maximum atomic E-state index is 13.3. The molecule has 490 valence electrons. The van der Waals surface area contributed by atoms with Crippen molar-refractivity contribution >= 4 is 5.91 Å². The largest absolute Gasteiger partial charge is 0.394 e. The Morgan fingerprint density at radius 3 is 1.19 bits per heavy atom. The third-order valence-electron chi connectivity index (χ3n) is 16.3. The Labute approximate surface area is 503 Å². The van der Waals surface area contributed by atoms with Crippen molar-refractivity contribution in [1.29, 1.82) is 0 Å². The summed E-state index contributed by atoms with van der Waals surface area (Å²) in [6, 6.07) is -1.00. The molecule has 0 spiro atoms. The van der Waals surface area contributed by atoms with Crippen LogP contribution in [-0.2, 0) is 33.2 Å². The van der Waals surface area contributed by atoms with Gasteiger partial charge in [0.2, 0.25) is 5.91 Å². The van der Waals surface area contributed by atoms with Crippen LogP contribution < -0.4 is 5.32 Å². The molecule has 0 aromatic heterocycles. The molecule has 0 bridgehead atoms. The fourth-order valence-corrected chi connectivity index (χ4v) is 10.9. The summed E-state index contributed by atoms with van der Waals surface area (Å²) in [5.74, 6) is -0.298. The van der Waals surface area contributed by atoms with Crippen LogP contribution in [0.2, 0.25) is 0 Å². The van der Waals surface area contributed by atoms with E-state index in [1.54, 1.807) is 6.08 Å². The maximum absolute atomic E-state index is 13.3. The van der Waals surface area contributed by atoms with E-state index < -0.39 is 124 Å². The van der Waals surface area contributed by atoms with Crippen molar-refractivity contribution in [3.8, 4) is 0 Å². The number of rotatable bonds is 49. The van der Waals surface area contributed by atoms with E-state index in [1.165, 1.54) is 128 Å². The second-order valence-corrected chi connectivity index (χ2v) is 23.6. The maximum Gasteiger partial charge on any atom is 0.220 e. The van der Waals surface area contributed by atoms with E-state index >= 15 is 0 Å². The molecule has 3 aliphatic heterocycles. The number of ether oxygens (including phenoxy) is 6. The summed E-state index contributed by atoms with van der Waals surface area (Å²) in [7, 11) is 0. The number of unbranched alkanes of at least 4 members (excludes halogenated alkanes) is 27. The molecule has 3 rings (SSSR count). The van der Waals surface area contributed by atoms with E-state index in [-0.39, 0.29) is 18.9 Å². The Bertz CT molecular complexity index is 1720. The summed E-state index contributed by atoms with van der Waals surface area (Å²) >= 11 is 0. The zero-order chi connectivity index (χ0) is 61.2. The van der Waals surface area contributed by atoms with Gasteiger partial charge in [0.1, 0.15) is 73.2 Å². The number of hydrogen-bond donors (Lipinski definition) is 12. The van der Waals surface area contributed by atoms with Crippen molar-refractivity contribution in [3.63, 3.8) is 0 Å². The molecule has 1 amide bonds. The van der Waals surface area contributed by atoms with Crippen molar-refractivity contribution in [2.75, 3.05) is 26.4 Å². The Kier molecular flexibility index (Phi) is 43.2. The summed E-state index contributed by atoms with van der Waals surface area (Å²) in [6.45, 7) is 1.70. The molecule has 17 unspecified atom stereocenters. The van der Waals surface area contributed by atoms with Gasteiger partial charge in [-0.1, -0.05) is 197 Å². The third-order valence-corrected chi connectivity index (χ3v) is 16.3. The molecule has 0 aliphatic carbocycles. The molecule has 0 aromatic carbocycles. The highest BCUT2D eigenvalue weighted by Crippen LogP contribution is 2.33. The van der Waals surface area contributed by atoms with Crippen LogP contribution in [-0.4, -0.2) is 193 Å². The van der Waals surface area contributed by atoms with Gasteiger partial charge >= 0.3 is 0 Å². The predicted octanol–water partition coefficient (Wildman–Crippen LogP) is 7.43. The standard InChI is InChI=1S/C65H117NO18/c1-3-5-7-9-11-13-15-17-19-21-22-23-24-25-26-27-28-30-32-34-36-38-40-42-49(70)48(66-53(71)43-41-39-37-35-33-31-29-20-18-16-14-12-10-8-6-4-2)47-79-63-59(77)56(74)61(51(45-68)81-63)84-65-60(78)57(75)62(52(46-69)82-65)83-64-58(76)55(73)54(72)50(44-67)80-64/h20,26-27,29,32,34,40,42,48-52,54-65,67-70,72-78H,3-19,21-25,28,30-31,33,35-39,41,43-47H2,1-2H3,(H,66,71)/b27-26+,29-20-,34-32+,42-40+. The Balaban J connectivity index is 1.49. The Morgan fingerprint density at radius 2 is 0.762 bits per heavy atom. The van der Waals surface area contributed by atoms with Crippen molar-refractivity contribution in [2.45, 2.75) is 330 Å². The first-order chi connectivity index (χ1) is 40.8. The SMILES string of the molecule is CCCCCCCCC/C=C\CCCCCCCC(=O)NC(COC1OC(CO)C(OC2OC(CO)C(OC3OC(CO)C(O)C(O)C3O)C(O)C2O)C(O)C1O)C(O)/C=C/CC/C=C/CC/C=C/CCCCCCCCCCCCCCC. The van der Waals surface area contributed by atoms with E-state index in [0.717, 1.165) is 64.2 Å². The first-order valence-electron chi connectivity index (χ1n) is 32.9. The van der Waals surface area contributed by atoms with Gasteiger partial charge in [-0.3, -0.25) is 4.79 Å². The van der Waals surface area contributed by atoms with E-state index in [9.17, 15) is 61.0 Å². The van der Waals surface area contributed by atoms with Gasteiger partial charge in [0.15, 0.2) is 18.9 Å². The third kappa shape index (κ3) is 30.3. The van der Waals surface area contributed by atoms with Gasteiger partial charge in [0.05, 0.1) is 38.6 Å². The summed E-state index contributed by atoms with van der Waals surface area (Å²) < 4.78 is 34.3. The fraction of sp³-hybridized carbons (Fsp3) is 0.862. The second-order valence-electron chi connectivity index (χ2n) is 23.6. The van der Waals surface area contributed by atoms with E-state index in [1.807, 2.05) is 6.08 Å². The van der Waals surface area contributed by atoms with E-state index in [4.69, 9.17) is 28.4 Å². The molecule has 84 heavy (non-hydrogen) atoms. The molecule has 17 atom stereocenters. The van der Waals surface area contributed by atoms with Crippen molar-refractivity contribution in [1.82, 2.24) is 5.32 Å². The quantitative estimate of drug-likeness (QED) is 0.0208. The van der Waals surface area contributed by atoms with Gasteiger partial charge in [-0.05, 0) is 70.6 Å². The number of nitrogens with one attached hydrogen (secondary N) is 1. The van der Waals surface area contributed by atoms with Gasteiger partial charge in [-0.15, -0.1) is 0 Å². The predicted molar refractivity (Wildman–Crippen MR) is 323 cm³/mol. The average Bonchev–Trinajstić information content (AvgIpc) is 2.79. The number of aliphatic hydroxyl groups excluding tert-OH is 11. The van der Waals surface area contributed by atoms with Crippen LogP contribution in [0.3, 0.4) is 0 Å². The van der Waals surface area contributed by atoms with Gasteiger partial charge in [-0.25, -0.2) is 0 Å². The highest BCUT2D eigenvalue weighted by molar-refractivity contribution is 5.76. The fourth-order valence-electron chi connectivity index (χ4n) is 10.9. The van der Waals surface area contributed by atoms with Gasteiger partial charge in [0, 0.05) is 6.42 Å². The van der Waals surface area contributed by atoms with E-state index in [2.05, 4.69) is 55.6 Å². The number of hydrogen-bond acceptors (Lipinski definition) is 18. The average molecular weight is 1200 g/mol. The molecule has 0 saturated carbocycles. The van der Waals surface area contributed by atoms with Gasteiger partial charge in [-0.2, -0.15) is 0 Å². The van der Waals surface area contributed by atoms with Crippen LogP contribution in [0, 0.1) is 0 Å². The number of carbonyl (C=O) groups is 1. The Hall–Kier alpha value is -2.25. The minimum Gasteiger partial charge on any atom is -0.394 e. The zero-order valence-corrected chi connectivity index (χ0v) is 51.4. The van der Waals surface area contributed by atoms with Gasteiger partial charge in [0.25, 0.3) is 0 Å². The minimum atomic E-state index is -1.98. The monoisotopic (exact) mass is 1200 g/mol. The van der Waals surface area contributed by atoms with Crippen LogP contribution in [0.25, 0.3) is 0 Å². The van der Waals surface area contributed by atoms with Crippen LogP contribution in [0.4, 0.5) is 0 Å². The van der Waals surface area contributed by atoms with Crippen LogP contribution in [0.15, 0.2) is 48.6 Å². The first-order valence-corrected chi connectivity index (χ1v) is 32.9. The molecule has 3 saturated heterocycles. The molecule has 12 N–H and O–H groups in total. The number of carbonyl (C=O) groups excluding carboxylic acids is 1.